The molecule has 0 radical (unpaired) electrons. The summed E-state index contributed by atoms with van der Waals surface area (Å²) in [4.78, 5) is 0. The second-order valence-corrected chi connectivity index (χ2v) is 9.59. The smallest absolute Gasteiger partial charge is 0.172 e. The molecule has 0 atom stereocenters. The summed E-state index contributed by atoms with van der Waals surface area (Å²) in [6, 6.07) is 20.0. The van der Waals surface area contributed by atoms with Crippen molar-refractivity contribution in [3.8, 4) is 0 Å². The Morgan fingerprint density at radius 1 is 0.818 bits per heavy atom. The van der Waals surface area contributed by atoms with Gasteiger partial charge in [-0.1, -0.05) is 41.5 Å². The Labute approximate surface area is 153 Å². The van der Waals surface area contributed by atoms with Crippen molar-refractivity contribution in [1.82, 2.24) is 0 Å². The third-order valence-corrected chi connectivity index (χ3v) is 2.97. The third-order valence-electron chi connectivity index (χ3n) is 2.97. The van der Waals surface area contributed by atoms with Gasteiger partial charge in [0.25, 0.3) is 0 Å². The van der Waals surface area contributed by atoms with E-state index in [1.807, 2.05) is 30.3 Å². The predicted molar refractivity (Wildman–Crippen MR) is 96.4 cm³/mol. The fourth-order valence-electron chi connectivity index (χ4n) is 1.66. The summed E-state index contributed by atoms with van der Waals surface area (Å²) in [5.74, 6) is 0. The van der Waals surface area contributed by atoms with Crippen LogP contribution in [0, 0.1) is 6.07 Å². The average Bonchev–Trinajstić information content (AvgIpc) is 2.97. The van der Waals surface area contributed by atoms with Gasteiger partial charge in [0.15, 0.2) is 0 Å². The van der Waals surface area contributed by atoms with Crippen molar-refractivity contribution in [2.75, 3.05) is 0 Å². The van der Waals surface area contributed by atoms with Gasteiger partial charge in [-0.15, -0.1) is 0 Å². The Morgan fingerprint density at radius 2 is 1.18 bits per heavy atom. The molecule has 122 valence electrons. The summed E-state index contributed by atoms with van der Waals surface area (Å²) in [6.45, 7) is 13.4. The first kappa shape index (κ1) is 21.9. The van der Waals surface area contributed by atoms with Crippen LogP contribution in [-0.2, 0) is 27.9 Å². The van der Waals surface area contributed by atoms with Gasteiger partial charge < -0.3 is 0 Å². The molecule has 0 unspecified atom stereocenters. The Hall–Kier alpha value is -0.136. The van der Waals surface area contributed by atoms with Crippen molar-refractivity contribution < 1.29 is 17.0 Å². The van der Waals surface area contributed by atoms with Crippen molar-refractivity contribution in [2.45, 2.75) is 52.4 Å². The number of hydrogen-bond donors (Lipinski definition) is 0. The molecule has 0 N–H and O–H groups in total. The largest absolute Gasteiger partial charge is 0.214 e. The van der Waals surface area contributed by atoms with Crippen LogP contribution in [0.3, 0.4) is 0 Å². The van der Waals surface area contributed by atoms with Crippen molar-refractivity contribution in [1.29, 1.82) is 0 Å². The zero-order chi connectivity index (χ0) is 17.2. The summed E-state index contributed by atoms with van der Waals surface area (Å²) >= 11 is -0.556. The summed E-state index contributed by atoms with van der Waals surface area (Å²) in [6.07, 6.45) is 0. The maximum atomic E-state index is 4.89. The normalized spacial score (nSPS) is 10.7. The van der Waals surface area contributed by atoms with Crippen LogP contribution in [-0.4, -0.2) is 0 Å². The van der Waals surface area contributed by atoms with Crippen LogP contribution in [0.15, 0.2) is 48.5 Å². The molecule has 0 nitrogen and oxygen atoms in total. The first-order valence-electron chi connectivity index (χ1n) is 7.29. The molecule has 3 heteroatoms. The van der Waals surface area contributed by atoms with Gasteiger partial charge in [-0.05, 0) is 10.8 Å². The van der Waals surface area contributed by atoms with Gasteiger partial charge in [0.05, 0.1) is 0 Å². The van der Waals surface area contributed by atoms with Gasteiger partial charge in [-0.2, -0.15) is 53.6 Å². The van der Waals surface area contributed by atoms with Crippen molar-refractivity contribution in [3.05, 3.63) is 65.7 Å². The Morgan fingerprint density at radius 3 is 1.41 bits per heavy atom. The standard InChI is InChI=1S/C14H21.C5H5.2ClH.Ti/c1-13(2,3)11-8-7-9-12(10-11)14(4,5)6;1-2-4-5-3-1;;;/h7-9H,1-6H3;1-5H;2*1H;/q2*-1;;;+2/p-2. The zero-order valence-corrected chi connectivity index (χ0v) is 17.4. The van der Waals surface area contributed by atoms with Crippen LogP contribution in [0.1, 0.15) is 52.7 Å². The van der Waals surface area contributed by atoms with Crippen LogP contribution < -0.4 is 0 Å². The number of halogens is 2. The summed E-state index contributed by atoms with van der Waals surface area (Å²) < 4.78 is 0. The molecule has 0 heterocycles. The van der Waals surface area contributed by atoms with Crippen molar-refractivity contribution >= 4 is 18.6 Å². The number of hydrogen-bond acceptors (Lipinski definition) is 0. The molecule has 0 spiro atoms. The van der Waals surface area contributed by atoms with E-state index in [0.29, 0.717) is 0 Å². The van der Waals surface area contributed by atoms with Gasteiger partial charge in [0, 0.05) is 0 Å². The topological polar surface area (TPSA) is 0 Å². The van der Waals surface area contributed by atoms with E-state index in [1.54, 1.807) is 0 Å². The molecule has 2 aromatic rings. The summed E-state index contributed by atoms with van der Waals surface area (Å²) in [7, 11) is 9.78. The van der Waals surface area contributed by atoms with E-state index in [1.165, 1.54) is 11.1 Å². The van der Waals surface area contributed by atoms with Crippen LogP contribution in [0.2, 0.25) is 0 Å². The number of rotatable bonds is 0. The van der Waals surface area contributed by atoms with Gasteiger partial charge in [0.2, 0.25) is 0 Å². The fourth-order valence-corrected chi connectivity index (χ4v) is 1.66. The summed E-state index contributed by atoms with van der Waals surface area (Å²) in [5, 5.41) is 0. The van der Waals surface area contributed by atoms with Crippen LogP contribution >= 0.6 is 18.6 Å². The average molecular weight is 373 g/mol. The van der Waals surface area contributed by atoms with Crippen molar-refractivity contribution in [3.63, 3.8) is 0 Å². The molecule has 0 fully saturated rings. The molecule has 22 heavy (non-hydrogen) atoms. The van der Waals surface area contributed by atoms with E-state index >= 15 is 0 Å². The Bertz CT molecular complexity index is 444. The second-order valence-electron chi connectivity index (χ2n) is 7.01. The minimum absolute atomic E-state index is 0.196. The summed E-state index contributed by atoms with van der Waals surface area (Å²) in [5.41, 5.74) is 2.98. The van der Waals surface area contributed by atoms with Crippen LogP contribution in [0.25, 0.3) is 0 Å². The molecule has 0 saturated carbocycles. The molecular weight excluding hydrogens is 347 g/mol. The monoisotopic (exact) mass is 372 g/mol. The molecule has 0 aliphatic rings. The molecule has 0 amide bonds. The second kappa shape index (κ2) is 10.6. The van der Waals surface area contributed by atoms with Crippen molar-refractivity contribution in [2.24, 2.45) is 0 Å². The van der Waals surface area contributed by atoms with Gasteiger partial charge >= 0.3 is 35.6 Å². The van der Waals surface area contributed by atoms with Gasteiger partial charge in [-0.3, -0.25) is 0 Å². The van der Waals surface area contributed by atoms with E-state index in [4.69, 9.17) is 18.6 Å². The van der Waals surface area contributed by atoms with Crippen LogP contribution in [0.4, 0.5) is 0 Å². The van der Waals surface area contributed by atoms with E-state index in [9.17, 15) is 0 Å². The third kappa shape index (κ3) is 9.79. The quantitative estimate of drug-likeness (QED) is 0.349. The molecule has 0 aliphatic heterocycles. The zero-order valence-electron chi connectivity index (χ0n) is 14.4. The Kier molecular flexibility index (Phi) is 10.5. The van der Waals surface area contributed by atoms with Gasteiger partial charge in [-0.25, -0.2) is 12.1 Å². The van der Waals surface area contributed by atoms with E-state index < -0.39 is 17.0 Å². The first-order chi connectivity index (χ1) is 10.1. The molecule has 0 saturated heterocycles. The fraction of sp³-hybridized carbons (Fsp3) is 0.421. The Balaban J connectivity index is 0.000000451. The molecule has 0 aromatic heterocycles. The predicted octanol–water partition coefficient (Wildman–Crippen LogP) is 6.86. The molecule has 2 rings (SSSR count). The van der Waals surface area contributed by atoms with E-state index in [0.717, 1.165) is 0 Å². The minimum atomic E-state index is -0.556. The minimum Gasteiger partial charge on any atom is -0.214 e. The molecule has 0 aliphatic carbocycles. The van der Waals surface area contributed by atoms with Crippen LogP contribution in [0.5, 0.6) is 0 Å². The molecule has 0 bridgehead atoms. The number of benzene rings is 1. The molecule has 2 aromatic carbocycles. The maximum Gasteiger partial charge on any atom is -0.172 e. The van der Waals surface area contributed by atoms with E-state index in [-0.39, 0.29) is 10.8 Å². The van der Waals surface area contributed by atoms with E-state index in [2.05, 4.69) is 65.8 Å². The SMILES string of the molecule is CC(C)(C)c1[c-]c(C(C)(C)C)ccc1.[Cl][Ti][Cl].c1cc[cH-]c1. The molecular formula is C19H26Cl2Ti-2. The first-order valence-corrected chi connectivity index (χ1v) is 11.6. The maximum absolute atomic E-state index is 4.89. The van der Waals surface area contributed by atoms with Gasteiger partial charge in [0.1, 0.15) is 0 Å².